The third kappa shape index (κ3) is 3.81. The van der Waals surface area contributed by atoms with Gasteiger partial charge in [0.2, 0.25) is 5.91 Å². The number of benzene rings is 1. The topological polar surface area (TPSA) is 75.4 Å². The van der Waals surface area contributed by atoms with E-state index in [9.17, 15) is 9.59 Å². The van der Waals surface area contributed by atoms with E-state index in [1.165, 1.54) is 4.90 Å². The van der Waals surface area contributed by atoms with Crippen LogP contribution in [0.5, 0.6) is 0 Å². The number of aliphatic carboxylic acids is 1. The molecule has 1 heterocycles. The molecule has 2 rings (SSSR count). The summed E-state index contributed by atoms with van der Waals surface area (Å²) in [6.07, 6.45) is 2.72. The Hall–Kier alpha value is -2.37. The van der Waals surface area contributed by atoms with Crippen LogP contribution < -0.4 is 0 Å². The van der Waals surface area contributed by atoms with Crippen LogP contribution in [0.15, 0.2) is 30.6 Å². The molecule has 0 aliphatic heterocycles. The molecule has 0 aliphatic rings. The number of hydrogen-bond donors (Lipinski definition) is 1. The van der Waals surface area contributed by atoms with Crippen molar-refractivity contribution in [1.29, 1.82) is 0 Å². The van der Waals surface area contributed by atoms with Crippen molar-refractivity contribution in [3.05, 3.63) is 30.6 Å². The van der Waals surface area contributed by atoms with E-state index < -0.39 is 5.97 Å². The zero-order chi connectivity index (χ0) is 15.2. The number of para-hydroxylation sites is 2. The number of hydrogen-bond acceptors (Lipinski definition) is 3. The van der Waals surface area contributed by atoms with Gasteiger partial charge in [-0.25, -0.2) is 4.98 Å². The standard InChI is InChI=1S/C15H19N3O3/c1-2-8-17(10-15(20)21)14(19)7-9-18-11-16-12-5-3-4-6-13(12)18/h3-6,11H,2,7-10H2,1H3,(H,20,21). The van der Waals surface area contributed by atoms with Crippen molar-refractivity contribution >= 4 is 22.9 Å². The monoisotopic (exact) mass is 289 g/mol. The van der Waals surface area contributed by atoms with Crippen LogP contribution in [0.1, 0.15) is 19.8 Å². The lowest BCUT2D eigenvalue weighted by Gasteiger charge is -2.20. The lowest BCUT2D eigenvalue weighted by Crippen LogP contribution is -2.36. The summed E-state index contributed by atoms with van der Waals surface area (Å²) in [6.45, 7) is 2.65. The normalized spacial score (nSPS) is 10.7. The number of nitrogens with zero attached hydrogens (tertiary/aromatic N) is 3. The first-order valence-electron chi connectivity index (χ1n) is 7.01. The highest BCUT2D eigenvalue weighted by Gasteiger charge is 2.16. The molecule has 0 atom stereocenters. The van der Waals surface area contributed by atoms with Crippen molar-refractivity contribution in [2.24, 2.45) is 0 Å². The first kappa shape index (κ1) is 15.0. The van der Waals surface area contributed by atoms with Gasteiger partial charge in [0.25, 0.3) is 0 Å². The lowest BCUT2D eigenvalue weighted by atomic mass is 10.3. The van der Waals surface area contributed by atoms with Gasteiger partial charge in [-0.2, -0.15) is 0 Å². The van der Waals surface area contributed by atoms with Crippen LogP contribution in [-0.2, 0) is 16.1 Å². The maximum absolute atomic E-state index is 12.1. The Labute approximate surface area is 123 Å². The number of amides is 1. The molecule has 21 heavy (non-hydrogen) atoms. The molecule has 112 valence electrons. The third-order valence-corrected chi connectivity index (χ3v) is 3.27. The van der Waals surface area contributed by atoms with E-state index in [0.717, 1.165) is 17.5 Å². The highest BCUT2D eigenvalue weighted by Crippen LogP contribution is 2.12. The number of carboxylic acids is 1. The molecular weight excluding hydrogens is 270 g/mol. The van der Waals surface area contributed by atoms with Gasteiger partial charge in [-0.15, -0.1) is 0 Å². The molecule has 0 radical (unpaired) electrons. The van der Waals surface area contributed by atoms with Gasteiger partial charge >= 0.3 is 5.97 Å². The zero-order valence-electron chi connectivity index (χ0n) is 12.0. The average molecular weight is 289 g/mol. The fraction of sp³-hybridized carbons (Fsp3) is 0.400. The van der Waals surface area contributed by atoms with Crippen LogP contribution in [0.2, 0.25) is 0 Å². The van der Waals surface area contributed by atoms with Crippen molar-refractivity contribution < 1.29 is 14.7 Å². The van der Waals surface area contributed by atoms with Gasteiger partial charge in [0.1, 0.15) is 6.54 Å². The first-order chi connectivity index (χ1) is 10.1. The Kier molecular flexibility index (Phi) is 4.92. The number of carbonyl (C=O) groups is 2. The minimum atomic E-state index is -0.982. The number of carbonyl (C=O) groups excluding carboxylic acids is 1. The molecule has 1 aromatic carbocycles. The summed E-state index contributed by atoms with van der Waals surface area (Å²) in [5.74, 6) is -1.12. The number of aryl methyl sites for hydroxylation is 1. The molecule has 0 fully saturated rings. The number of carboxylic acid groups (broad SMARTS) is 1. The second-order valence-corrected chi connectivity index (χ2v) is 4.89. The fourth-order valence-electron chi connectivity index (χ4n) is 2.29. The van der Waals surface area contributed by atoms with E-state index in [1.807, 2.05) is 35.8 Å². The summed E-state index contributed by atoms with van der Waals surface area (Å²) in [6, 6.07) is 7.71. The highest BCUT2D eigenvalue weighted by molar-refractivity contribution is 5.81. The summed E-state index contributed by atoms with van der Waals surface area (Å²) in [4.78, 5) is 28.6. The summed E-state index contributed by atoms with van der Waals surface area (Å²) in [7, 11) is 0. The van der Waals surface area contributed by atoms with Gasteiger partial charge in [-0.1, -0.05) is 19.1 Å². The number of imidazole rings is 1. The van der Waals surface area contributed by atoms with Gasteiger partial charge in [-0.05, 0) is 18.6 Å². The van der Waals surface area contributed by atoms with Crippen LogP contribution in [-0.4, -0.2) is 44.5 Å². The Morgan fingerprint density at radius 3 is 2.81 bits per heavy atom. The molecule has 2 aromatic rings. The quantitative estimate of drug-likeness (QED) is 0.842. The molecule has 6 heteroatoms. The van der Waals surface area contributed by atoms with E-state index in [1.54, 1.807) is 6.33 Å². The van der Waals surface area contributed by atoms with Crippen molar-refractivity contribution in [2.75, 3.05) is 13.1 Å². The molecule has 1 amide bonds. The molecule has 0 bridgehead atoms. The minimum Gasteiger partial charge on any atom is -0.480 e. The Morgan fingerprint density at radius 2 is 2.10 bits per heavy atom. The molecule has 0 unspecified atom stereocenters. The number of fused-ring (bicyclic) bond motifs is 1. The van der Waals surface area contributed by atoms with Gasteiger partial charge in [0, 0.05) is 19.5 Å². The smallest absolute Gasteiger partial charge is 0.323 e. The third-order valence-electron chi connectivity index (χ3n) is 3.27. The number of rotatable bonds is 7. The van der Waals surface area contributed by atoms with Crippen LogP contribution in [0, 0.1) is 0 Å². The van der Waals surface area contributed by atoms with E-state index >= 15 is 0 Å². The van der Waals surface area contributed by atoms with Crippen molar-refractivity contribution in [3.8, 4) is 0 Å². The van der Waals surface area contributed by atoms with Crippen molar-refractivity contribution in [3.63, 3.8) is 0 Å². The largest absolute Gasteiger partial charge is 0.480 e. The van der Waals surface area contributed by atoms with E-state index in [2.05, 4.69) is 4.98 Å². The molecular formula is C15H19N3O3. The SMILES string of the molecule is CCCN(CC(=O)O)C(=O)CCn1cnc2ccccc21. The zero-order valence-corrected chi connectivity index (χ0v) is 12.0. The van der Waals surface area contributed by atoms with Gasteiger partial charge < -0.3 is 14.6 Å². The number of aromatic nitrogens is 2. The van der Waals surface area contributed by atoms with E-state index in [4.69, 9.17) is 5.11 Å². The summed E-state index contributed by atoms with van der Waals surface area (Å²) in [5.41, 5.74) is 1.87. The molecule has 0 spiro atoms. The minimum absolute atomic E-state index is 0.142. The fourth-order valence-corrected chi connectivity index (χ4v) is 2.29. The van der Waals surface area contributed by atoms with Crippen LogP contribution >= 0.6 is 0 Å². The first-order valence-corrected chi connectivity index (χ1v) is 7.01. The average Bonchev–Trinajstić information content (AvgIpc) is 2.87. The van der Waals surface area contributed by atoms with Gasteiger partial charge in [-0.3, -0.25) is 9.59 Å². The second-order valence-electron chi connectivity index (χ2n) is 4.89. The van der Waals surface area contributed by atoms with Crippen molar-refractivity contribution in [2.45, 2.75) is 26.3 Å². The van der Waals surface area contributed by atoms with Crippen LogP contribution in [0.3, 0.4) is 0 Å². The molecule has 0 saturated carbocycles. The molecule has 0 aliphatic carbocycles. The van der Waals surface area contributed by atoms with Crippen molar-refractivity contribution in [1.82, 2.24) is 14.5 Å². The highest BCUT2D eigenvalue weighted by atomic mass is 16.4. The second kappa shape index (κ2) is 6.88. The van der Waals surface area contributed by atoms with E-state index in [-0.39, 0.29) is 18.9 Å². The Bertz CT molecular complexity index is 636. The maximum atomic E-state index is 12.1. The molecule has 1 N–H and O–H groups in total. The Morgan fingerprint density at radius 1 is 1.33 bits per heavy atom. The van der Waals surface area contributed by atoms with E-state index in [0.29, 0.717) is 13.1 Å². The Balaban J connectivity index is 2.00. The lowest BCUT2D eigenvalue weighted by molar-refractivity contribution is -0.144. The van der Waals surface area contributed by atoms with Gasteiger partial charge in [0.05, 0.1) is 17.4 Å². The predicted octanol–water partition coefficient (Wildman–Crippen LogP) is 1.75. The van der Waals surface area contributed by atoms with Gasteiger partial charge in [0.15, 0.2) is 0 Å². The molecule has 1 aromatic heterocycles. The predicted molar refractivity (Wildman–Crippen MR) is 78.9 cm³/mol. The van der Waals surface area contributed by atoms with Crippen LogP contribution in [0.4, 0.5) is 0 Å². The molecule has 0 saturated heterocycles. The summed E-state index contributed by atoms with van der Waals surface area (Å²) < 4.78 is 1.91. The van der Waals surface area contributed by atoms with Crippen LogP contribution in [0.25, 0.3) is 11.0 Å². The molecule has 6 nitrogen and oxygen atoms in total. The maximum Gasteiger partial charge on any atom is 0.323 e. The summed E-state index contributed by atoms with van der Waals surface area (Å²) in [5, 5.41) is 8.84. The summed E-state index contributed by atoms with van der Waals surface area (Å²) >= 11 is 0.